The van der Waals surface area contributed by atoms with Crippen LogP contribution in [0.2, 0.25) is 0 Å². The summed E-state index contributed by atoms with van der Waals surface area (Å²) in [5.74, 6) is -0.551. The molecule has 0 amide bonds. The first kappa shape index (κ1) is 18.9. The van der Waals surface area contributed by atoms with Crippen molar-refractivity contribution in [2.75, 3.05) is 20.3 Å². The molecule has 0 aliphatic rings. The monoisotopic (exact) mass is 313 g/mol. The quantitative estimate of drug-likeness (QED) is 0.223. The molecule has 20 heavy (non-hydrogen) atoms. The SMILES string of the molecule is CN/C=C/OP(=O)(O)OCC(COC(C)=O)OC(C)O. The number of hydrogen-bond acceptors (Lipinski definition) is 8. The number of nitrogens with one attached hydrogen (secondary N) is 1. The van der Waals surface area contributed by atoms with Crippen molar-refractivity contribution in [2.24, 2.45) is 0 Å². The molecule has 3 unspecified atom stereocenters. The first-order valence-corrected chi connectivity index (χ1v) is 7.21. The van der Waals surface area contributed by atoms with Gasteiger partial charge in [-0.05, 0) is 6.92 Å². The van der Waals surface area contributed by atoms with Crippen LogP contribution in [0.3, 0.4) is 0 Å². The fourth-order valence-electron chi connectivity index (χ4n) is 0.999. The van der Waals surface area contributed by atoms with Crippen LogP contribution in [0, 0.1) is 0 Å². The van der Waals surface area contributed by atoms with Crippen LogP contribution in [0.5, 0.6) is 0 Å². The molecule has 0 aliphatic carbocycles. The predicted octanol–water partition coefficient (Wildman–Crippen LogP) is 0.0972. The second-order valence-corrected chi connectivity index (χ2v) is 5.03. The normalized spacial score (nSPS) is 17.2. The summed E-state index contributed by atoms with van der Waals surface area (Å²) in [5, 5.41) is 11.6. The van der Waals surface area contributed by atoms with E-state index >= 15 is 0 Å². The van der Waals surface area contributed by atoms with E-state index < -0.39 is 32.8 Å². The van der Waals surface area contributed by atoms with Crippen molar-refractivity contribution in [1.82, 2.24) is 5.32 Å². The van der Waals surface area contributed by atoms with Gasteiger partial charge in [0.15, 0.2) is 6.29 Å². The number of phosphoric acid groups is 1. The Kier molecular flexibility index (Phi) is 9.19. The summed E-state index contributed by atoms with van der Waals surface area (Å²) in [6.07, 6.45) is 0.185. The van der Waals surface area contributed by atoms with Crippen LogP contribution >= 0.6 is 7.82 Å². The Morgan fingerprint density at radius 3 is 2.60 bits per heavy atom. The van der Waals surface area contributed by atoms with Crippen LogP contribution < -0.4 is 5.32 Å². The van der Waals surface area contributed by atoms with Crippen molar-refractivity contribution in [1.29, 1.82) is 0 Å². The van der Waals surface area contributed by atoms with E-state index in [2.05, 4.69) is 19.1 Å². The number of carbonyl (C=O) groups is 1. The maximum absolute atomic E-state index is 11.4. The van der Waals surface area contributed by atoms with E-state index in [-0.39, 0.29) is 6.61 Å². The second-order valence-electron chi connectivity index (χ2n) is 3.62. The van der Waals surface area contributed by atoms with Gasteiger partial charge in [0.2, 0.25) is 0 Å². The number of esters is 1. The first-order chi connectivity index (χ1) is 9.26. The third-order valence-electron chi connectivity index (χ3n) is 1.71. The molecule has 0 aromatic rings. The van der Waals surface area contributed by atoms with Crippen LogP contribution in [0.25, 0.3) is 0 Å². The van der Waals surface area contributed by atoms with Crippen LogP contribution in [0.4, 0.5) is 0 Å². The summed E-state index contributed by atoms with van der Waals surface area (Å²) >= 11 is 0. The van der Waals surface area contributed by atoms with Crippen molar-refractivity contribution in [3.8, 4) is 0 Å². The largest absolute Gasteiger partial charge is 0.526 e. The Hall–Kier alpha value is -1.12. The summed E-state index contributed by atoms with van der Waals surface area (Å²) in [5.41, 5.74) is 0. The van der Waals surface area contributed by atoms with Gasteiger partial charge in [-0.15, -0.1) is 0 Å². The van der Waals surface area contributed by atoms with Crippen molar-refractivity contribution in [3.05, 3.63) is 12.5 Å². The summed E-state index contributed by atoms with van der Waals surface area (Å²) in [4.78, 5) is 20.0. The highest BCUT2D eigenvalue weighted by atomic mass is 31.2. The van der Waals surface area contributed by atoms with Crippen LogP contribution in [-0.4, -0.2) is 48.6 Å². The van der Waals surface area contributed by atoms with Crippen molar-refractivity contribution in [2.45, 2.75) is 26.2 Å². The number of aliphatic hydroxyl groups excluding tert-OH is 1. The molecule has 3 atom stereocenters. The molecule has 0 spiro atoms. The molecule has 0 radical (unpaired) electrons. The zero-order chi connectivity index (χ0) is 15.6. The topological polar surface area (TPSA) is 124 Å². The minimum absolute atomic E-state index is 0.230. The lowest BCUT2D eigenvalue weighted by Gasteiger charge is -2.20. The van der Waals surface area contributed by atoms with E-state index in [0.717, 1.165) is 6.26 Å². The number of ether oxygens (including phenoxy) is 2. The van der Waals surface area contributed by atoms with E-state index in [1.54, 1.807) is 7.05 Å². The average Bonchev–Trinajstić information content (AvgIpc) is 2.32. The highest BCUT2D eigenvalue weighted by Gasteiger charge is 2.25. The fourth-order valence-corrected chi connectivity index (χ4v) is 1.63. The summed E-state index contributed by atoms with van der Waals surface area (Å²) in [6, 6.07) is 0. The predicted molar refractivity (Wildman–Crippen MR) is 68.2 cm³/mol. The Labute approximate surface area is 117 Å². The highest BCUT2D eigenvalue weighted by molar-refractivity contribution is 7.47. The number of rotatable bonds is 10. The smallest absolute Gasteiger partial charge is 0.463 e. The molecule has 0 aromatic carbocycles. The zero-order valence-electron chi connectivity index (χ0n) is 11.5. The average molecular weight is 313 g/mol. The molecule has 0 aliphatic heterocycles. The second kappa shape index (κ2) is 9.73. The van der Waals surface area contributed by atoms with Crippen molar-refractivity contribution in [3.63, 3.8) is 0 Å². The fraction of sp³-hybridized carbons (Fsp3) is 0.700. The number of aliphatic hydroxyl groups is 1. The molecule has 0 rings (SSSR count). The standard InChI is InChI=1S/C10H20NO8P/c1-8(12)16-6-10(19-9(2)13)7-18-20(14,15)17-5-4-11-3/h4-5,9-11,13H,6-7H2,1-3H3,(H,14,15)/b5-4+. The molecular formula is C10H20NO8P. The van der Waals surface area contributed by atoms with Gasteiger partial charge in [-0.25, -0.2) is 4.57 Å². The summed E-state index contributed by atoms with van der Waals surface area (Å²) in [7, 11) is -2.72. The highest BCUT2D eigenvalue weighted by Crippen LogP contribution is 2.43. The molecule has 0 bridgehead atoms. The van der Waals surface area contributed by atoms with E-state index in [1.807, 2.05) is 0 Å². The molecule has 9 nitrogen and oxygen atoms in total. The molecule has 10 heteroatoms. The van der Waals surface area contributed by atoms with E-state index in [0.29, 0.717) is 0 Å². The van der Waals surface area contributed by atoms with Gasteiger partial charge < -0.3 is 24.4 Å². The van der Waals surface area contributed by atoms with E-state index in [9.17, 15) is 14.3 Å². The third-order valence-corrected chi connectivity index (χ3v) is 2.58. The van der Waals surface area contributed by atoms with Gasteiger partial charge in [-0.2, -0.15) is 0 Å². The first-order valence-electron chi connectivity index (χ1n) is 5.71. The Bertz CT molecular complexity index is 359. The molecular weight excluding hydrogens is 293 g/mol. The molecule has 118 valence electrons. The summed E-state index contributed by atoms with van der Waals surface area (Å²) < 4.78 is 30.2. The minimum atomic E-state index is -4.30. The van der Waals surface area contributed by atoms with Crippen LogP contribution in [-0.2, 0) is 27.9 Å². The molecule has 0 saturated heterocycles. The molecule has 0 aromatic heterocycles. The maximum Gasteiger partial charge on any atom is 0.526 e. The lowest BCUT2D eigenvalue weighted by atomic mass is 10.4. The van der Waals surface area contributed by atoms with Gasteiger partial charge >= 0.3 is 13.8 Å². The van der Waals surface area contributed by atoms with Crippen LogP contribution in [0.15, 0.2) is 12.5 Å². The lowest BCUT2D eigenvalue weighted by molar-refractivity contribution is -0.165. The van der Waals surface area contributed by atoms with Gasteiger partial charge in [-0.3, -0.25) is 14.2 Å². The number of carbonyl (C=O) groups excluding carboxylic acids is 1. The zero-order valence-corrected chi connectivity index (χ0v) is 12.4. The Morgan fingerprint density at radius 2 is 2.10 bits per heavy atom. The molecule has 0 heterocycles. The Morgan fingerprint density at radius 1 is 1.45 bits per heavy atom. The number of phosphoric ester groups is 1. The van der Waals surface area contributed by atoms with Gasteiger partial charge in [0.25, 0.3) is 0 Å². The Balaban J connectivity index is 4.31. The molecule has 0 fully saturated rings. The van der Waals surface area contributed by atoms with Crippen molar-refractivity contribution < 1.29 is 37.9 Å². The van der Waals surface area contributed by atoms with E-state index in [4.69, 9.17) is 9.84 Å². The molecule has 0 saturated carbocycles. The third kappa shape index (κ3) is 10.8. The van der Waals surface area contributed by atoms with E-state index in [1.165, 1.54) is 20.0 Å². The number of hydrogen-bond donors (Lipinski definition) is 3. The van der Waals surface area contributed by atoms with Crippen LogP contribution in [0.1, 0.15) is 13.8 Å². The van der Waals surface area contributed by atoms with Crippen molar-refractivity contribution >= 4 is 13.8 Å². The van der Waals surface area contributed by atoms with Gasteiger partial charge in [-0.1, -0.05) is 0 Å². The lowest BCUT2D eigenvalue weighted by Crippen LogP contribution is -2.29. The van der Waals surface area contributed by atoms with Gasteiger partial charge in [0, 0.05) is 20.2 Å². The van der Waals surface area contributed by atoms with Gasteiger partial charge in [0.05, 0.1) is 6.61 Å². The summed E-state index contributed by atoms with van der Waals surface area (Å²) in [6.45, 7) is 1.90. The molecule has 3 N–H and O–H groups in total. The van der Waals surface area contributed by atoms with Gasteiger partial charge in [0.1, 0.15) is 19.0 Å². The maximum atomic E-state index is 11.4. The minimum Gasteiger partial charge on any atom is -0.463 e.